The van der Waals surface area contributed by atoms with Crippen LogP contribution >= 0.6 is 15.9 Å². The molecule has 2 heterocycles. The first-order valence-electron chi connectivity index (χ1n) is 7.70. The van der Waals surface area contributed by atoms with Gasteiger partial charge in [0.25, 0.3) is 0 Å². The molecule has 6 heteroatoms. The van der Waals surface area contributed by atoms with E-state index in [0.717, 1.165) is 30.5 Å². The molecule has 0 amide bonds. The van der Waals surface area contributed by atoms with Gasteiger partial charge in [0.15, 0.2) is 5.78 Å². The lowest BCUT2D eigenvalue weighted by Gasteiger charge is -2.23. The molecule has 1 atom stereocenters. The van der Waals surface area contributed by atoms with E-state index in [1.807, 2.05) is 18.8 Å². The molecular weight excluding hydrogens is 332 g/mol. The molecular formula is C15H25BrN4O. The fourth-order valence-corrected chi connectivity index (χ4v) is 3.22. The van der Waals surface area contributed by atoms with E-state index in [1.54, 1.807) is 6.20 Å². The molecule has 0 spiro atoms. The number of hydrogen-bond acceptors (Lipinski definition) is 4. The van der Waals surface area contributed by atoms with E-state index >= 15 is 0 Å². The minimum atomic E-state index is 0.186. The number of hydrogen-bond donors (Lipinski definition) is 1. The predicted octanol–water partition coefficient (Wildman–Crippen LogP) is 2.31. The molecule has 2 rings (SSSR count). The van der Waals surface area contributed by atoms with Gasteiger partial charge in [-0.15, -0.1) is 0 Å². The molecule has 1 aromatic rings. The van der Waals surface area contributed by atoms with E-state index in [-0.39, 0.29) is 5.78 Å². The van der Waals surface area contributed by atoms with Crippen LogP contribution in [0.25, 0.3) is 0 Å². The van der Waals surface area contributed by atoms with Crippen LogP contribution < -0.4 is 5.32 Å². The summed E-state index contributed by atoms with van der Waals surface area (Å²) in [6.07, 6.45) is 6.95. The zero-order valence-electron chi connectivity index (χ0n) is 12.9. The monoisotopic (exact) mass is 356 g/mol. The molecule has 1 saturated heterocycles. The number of rotatable bonds is 7. The number of nitrogens with one attached hydrogen (secondary N) is 1. The number of aromatic nitrogens is 2. The van der Waals surface area contributed by atoms with Gasteiger partial charge in [-0.2, -0.15) is 5.10 Å². The third kappa shape index (κ3) is 4.90. The van der Waals surface area contributed by atoms with Gasteiger partial charge in [0.1, 0.15) is 5.69 Å². The van der Waals surface area contributed by atoms with Gasteiger partial charge in [-0.3, -0.25) is 9.48 Å². The molecule has 1 aromatic heterocycles. The van der Waals surface area contributed by atoms with Crippen LogP contribution in [0.1, 0.15) is 42.6 Å². The first kappa shape index (κ1) is 16.6. The van der Waals surface area contributed by atoms with Crippen LogP contribution in [0.3, 0.4) is 0 Å². The molecule has 21 heavy (non-hydrogen) atoms. The van der Waals surface area contributed by atoms with Crippen molar-refractivity contribution >= 4 is 21.7 Å². The van der Waals surface area contributed by atoms with Crippen LogP contribution in [-0.2, 0) is 6.54 Å². The van der Waals surface area contributed by atoms with Gasteiger partial charge in [-0.05, 0) is 55.8 Å². The van der Waals surface area contributed by atoms with Gasteiger partial charge in [-0.25, -0.2) is 0 Å². The number of ketones is 1. The summed E-state index contributed by atoms with van der Waals surface area (Å²) in [5.41, 5.74) is 0.715. The van der Waals surface area contributed by atoms with E-state index in [4.69, 9.17) is 0 Å². The SMILES string of the molecule is CN(C)CCn1ncc(Br)c1C(=O)CCC1CCCCN1. The summed E-state index contributed by atoms with van der Waals surface area (Å²) in [4.78, 5) is 14.6. The highest BCUT2D eigenvalue weighted by atomic mass is 79.9. The second-order valence-corrected chi connectivity index (χ2v) is 6.83. The van der Waals surface area contributed by atoms with Gasteiger partial charge in [0.05, 0.1) is 17.2 Å². The van der Waals surface area contributed by atoms with Gasteiger partial charge in [0, 0.05) is 19.0 Å². The molecule has 5 nitrogen and oxygen atoms in total. The Labute approximate surface area is 135 Å². The molecule has 0 aliphatic carbocycles. The van der Waals surface area contributed by atoms with Crippen LogP contribution in [0.15, 0.2) is 10.7 Å². The molecule has 1 aliphatic heterocycles. The Bertz CT molecular complexity index is 466. The number of Topliss-reactive ketones (excluding diaryl/α,β-unsaturated/α-hetero) is 1. The van der Waals surface area contributed by atoms with Crippen LogP contribution in [0.5, 0.6) is 0 Å². The molecule has 1 N–H and O–H groups in total. The first-order chi connectivity index (χ1) is 10.1. The highest BCUT2D eigenvalue weighted by Crippen LogP contribution is 2.20. The van der Waals surface area contributed by atoms with Crippen molar-refractivity contribution in [1.82, 2.24) is 20.0 Å². The largest absolute Gasteiger partial charge is 0.314 e. The maximum atomic E-state index is 12.5. The minimum absolute atomic E-state index is 0.186. The summed E-state index contributed by atoms with van der Waals surface area (Å²) in [7, 11) is 4.05. The smallest absolute Gasteiger partial charge is 0.182 e. The second-order valence-electron chi connectivity index (χ2n) is 5.98. The lowest BCUT2D eigenvalue weighted by molar-refractivity contribution is 0.0962. The average molecular weight is 357 g/mol. The minimum Gasteiger partial charge on any atom is -0.314 e. The highest BCUT2D eigenvalue weighted by molar-refractivity contribution is 9.10. The van der Waals surface area contributed by atoms with Crippen molar-refractivity contribution in [3.05, 3.63) is 16.4 Å². The van der Waals surface area contributed by atoms with E-state index in [1.165, 1.54) is 19.3 Å². The fraction of sp³-hybridized carbons (Fsp3) is 0.733. The Kier molecular flexibility index (Phi) is 6.39. The summed E-state index contributed by atoms with van der Waals surface area (Å²) >= 11 is 3.46. The van der Waals surface area contributed by atoms with Crippen molar-refractivity contribution in [3.63, 3.8) is 0 Å². The van der Waals surface area contributed by atoms with Crippen LogP contribution in [-0.4, -0.2) is 53.7 Å². The van der Waals surface area contributed by atoms with Crippen LogP contribution in [0.2, 0.25) is 0 Å². The fourth-order valence-electron chi connectivity index (χ4n) is 2.70. The summed E-state index contributed by atoms with van der Waals surface area (Å²) < 4.78 is 2.63. The Morgan fingerprint density at radius 3 is 3.00 bits per heavy atom. The number of likely N-dealkylation sites (N-methyl/N-ethyl adjacent to an activating group) is 1. The second kappa shape index (κ2) is 8.06. The summed E-state index contributed by atoms with van der Waals surface area (Å²) in [5, 5.41) is 7.81. The zero-order chi connectivity index (χ0) is 15.2. The summed E-state index contributed by atoms with van der Waals surface area (Å²) in [6, 6.07) is 0.500. The summed E-state index contributed by atoms with van der Waals surface area (Å²) in [5.74, 6) is 0.186. The highest BCUT2D eigenvalue weighted by Gasteiger charge is 2.19. The summed E-state index contributed by atoms with van der Waals surface area (Å²) in [6.45, 7) is 2.70. The maximum Gasteiger partial charge on any atom is 0.182 e. The van der Waals surface area contributed by atoms with Crippen LogP contribution in [0.4, 0.5) is 0 Å². The van der Waals surface area contributed by atoms with Gasteiger partial charge in [-0.1, -0.05) is 6.42 Å². The van der Waals surface area contributed by atoms with Crippen molar-refractivity contribution in [3.8, 4) is 0 Å². The Hall–Kier alpha value is -0.720. The van der Waals surface area contributed by atoms with Crippen molar-refractivity contribution in [2.45, 2.75) is 44.7 Å². The lowest BCUT2D eigenvalue weighted by Crippen LogP contribution is -2.34. The van der Waals surface area contributed by atoms with E-state index in [0.29, 0.717) is 18.2 Å². The van der Waals surface area contributed by atoms with E-state index < -0.39 is 0 Å². The standard InChI is InChI=1S/C15H25BrN4O/c1-19(2)9-10-20-15(13(16)11-18-20)14(21)7-6-12-5-3-4-8-17-12/h11-12,17H,3-10H2,1-2H3. The zero-order valence-corrected chi connectivity index (χ0v) is 14.5. The average Bonchev–Trinajstić information content (AvgIpc) is 2.85. The van der Waals surface area contributed by atoms with Gasteiger partial charge < -0.3 is 10.2 Å². The Morgan fingerprint density at radius 1 is 1.52 bits per heavy atom. The van der Waals surface area contributed by atoms with E-state index in [9.17, 15) is 4.79 Å². The van der Waals surface area contributed by atoms with Crippen LogP contribution in [0, 0.1) is 0 Å². The third-order valence-electron chi connectivity index (χ3n) is 3.95. The molecule has 118 valence electrons. The maximum absolute atomic E-state index is 12.5. The Balaban J connectivity index is 1.92. The Morgan fingerprint density at radius 2 is 2.33 bits per heavy atom. The molecule has 0 aromatic carbocycles. The lowest BCUT2D eigenvalue weighted by atomic mass is 9.99. The molecule has 1 aliphatic rings. The topological polar surface area (TPSA) is 50.2 Å². The predicted molar refractivity (Wildman–Crippen MR) is 87.7 cm³/mol. The van der Waals surface area contributed by atoms with E-state index in [2.05, 4.69) is 31.2 Å². The molecule has 0 bridgehead atoms. The number of carbonyl (C=O) groups excluding carboxylic acids is 1. The number of carbonyl (C=O) groups is 1. The molecule has 0 saturated carbocycles. The van der Waals surface area contributed by atoms with Crippen molar-refractivity contribution in [2.24, 2.45) is 0 Å². The normalized spacial score (nSPS) is 19.1. The molecule has 1 fully saturated rings. The van der Waals surface area contributed by atoms with Gasteiger partial charge in [0.2, 0.25) is 0 Å². The quantitative estimate of drug-likeness (QED) is 0.761. The van der Waals surface area contributed by atoms with Gasteiger partial charge >= 0.3 is 0 Å². The van der Waals surface area contributed by atoms with Crippen molar-refractivity contribution in [2.75, 3.05) is 27.2 Å². The molecule has 1 unspecified atom stereocenters. The number of piperidine rings is 1. The number of halogens is 1. The van der Waals surface area contributed by atoms with Crippen molar-refractivity contribution < 1.29 is 4.79 Å². The number of nitrogens with zero attached hydrogens (tertiary/aromatic N) is 3. The third-order valence-corrected chi connectivity index (χ3v) is 4.53. The molecule has 0 radical (unpaired) electrons. The first-order valence-corrected chi connectivity index (χ1v) is 8.50. The van der Waals surface area contributed by atoms with Crippen molar-refractivity contribution in [1.29, 1.82) is 0 Å².